The molecular formula is C9H9N3O2. The van der Waals surface area contributed by atoms with Crippen molar-refractivity contribution in [1.29, 1.82) is 0 Å². The van der Waals surface area contributed by atoms with Crippen LogP contribution in [0.3, 0.4) is 0 Å². The summed E-state index contributed by atoms with van der Waals surface area (Å²) in [5, 5.41) is 0. The van der Waals surface area contributed by atoms with Crippen LogP contribution >= 0.6 is 0 Å². The Morgan fingerprint density at radius 1 is 1.57 bits per heavy atom. The van der Waals surface area contributed by atoms with Crippen molar-refractivity contribution in [3.05, 3.63) is 30.1 Å². The highest BCUT2D eigenvalue weighted by Gasteiger charge is 2.10. The van der Waals surface area contributed by atoms with Crippen molar-refractivity contribution in [2.24, 2.45) is 0 Å². The largest absolute Gasteiger partial charge is 0.464 e. The molecule has 0 atom stereocenters. The van der Waals surface area contributed by atoms with E-state index in [4.69, 9.17) is 5.73 Å². The van der Waals surface area contributed by atoms with Gasteiger partial charge in [0, 0.05) is 0 Å². The zero-order chi connectivity index (χ0) is 10.1. The molecule has 2 aromatic rings. The lowest BCUT2D eigenvalue weighted by Crippen LogP contribution is -2.06. The Balaban J connectivity index is 2.70. The molecular weight excluding hydrogens is 182 g/mol. The van der Waals surface area contributed by atoms with Crippen molar-refractivity contribution >= 4 is 17.4 Å². The number of rotatable bonds is 1. The van der Waals surface area contributed by atoms with Crippen LogP contribution < -0.4 is 5.73 Å². The van der Waals surface area contributed by atoms with Gasteiger partial charge < -0.3 is 10.5 Å². The highest BCUT2D eigenvalue weighted by Crippen LogP contribution is 2.10. The van der Waals surface area contributed by atoms with Crippen LogP contribution in [0.2, 0.25) is 0 Å². The van der Waals surface area contributed by atoms with E-state index in [1.54, 1.807) is 28.8 Å². The average Bonchev–Trinajstić information content (AvgIpc) is 2.56. The minimum atomic E-state index is -0.409. The lowest BCUT2D eigenvalue weighted by molar-refractivity contribution is 0.0592. The van der Waals surface area contributed by atoms with E-state index in [1.807, 2.05) is 0 Å². The summed E-state index contributed by atoms with van der Waals surface area (Å²) in [6.07, 6.45) is 1.58. The number of nitrogen functional groups attached to an aromatic ring is 1. The van der Waals surface area contributed by atoms with E-state index in [1.165, 1.54) is 7.11 Å². The van der Waals surface area contributed by atoms with E-state index in [2.05, 4.69) is 9.72 Å². The Labute approximate surface area is 80.1 Å². The van der Waals surface area contributed by atoms with E-state index in [-0.39, 0.29) is 0 Å². The molecule has 5 heteroatoms. The molecule has 0 amide bonds. The van der Waals surface area contributed by atoms with Gasteiger partial charge in [-0.3, -0.25) is 4.40 Å². The molecule has 0 aliphatic carbocycles. The molecule has 0 fully saturated rings. The zero-order valence-corrected chi connectivity index (χ0v) is 7.60. The van der Waals surface area contributed by atoms with Crippen LogP contribution in [0.25, 0.3) is 5.65 Å². The number of anilines is 1. The first-order valence-corrected chi connectivity index (χ1v) is 4.04. The number of ether oxygens (including phenoxy) is 1. The average molecular weight is 191 g/mol. The van der Waals surface area contributed by atoms with Gasteiger partial charge >= 0.3 is 5.97 Å². The van der Waals surface area contributed by atoms with Crippen LogP contribution in [-0.2, 0) is 4.74 Å². The van der Waals surface area contributed by atoms with Gasteiger partial charge in [0.25, 0.3) is 0 Å². The Hall–Kier alpha value is -2.04. The maximum Gasteiger partial charge on any atom is 0.355 e. The summed E-state index contributed by atoms with van der Waals surface area (Å²) in [6, 6.07) is 5.15. The van der Waals surface area contributed by atoms with Gasteiger partial charge in [-0.2, -0.15) is 0 Å². The molecule has 5 nitrogen and oxygen atoms in total. The predicted molar refractivity (Wildman–Crippen MR) is 50.9 cm³/mol. The first-order valence-electron chi connectivity index (χ1n) is 4.04. The quantitative estimate of drug-likeness (QED) is 0.674. The predicted octanol–water partition coefficient (Wildman–Crippen LogP) is 0.703. The van der Waals surface area contributed by atoms with E-state index in [0.29, 0.717) is 17.2 Å². The van der Waals surface area contributed by atoms with Gasteiger partial charge in [-0.1, -0.05) is 6.07 Å². The molecule has 14 heavy (non-hydrogen) atoms. The number of fused-ring (bicyclic) bond motifs is 1. The molecule has 0 spiro atoms. The van der Waals surface area contributed by atoms with E-state index in [9.17, 15) is 4.79 Å². The Kier molecular flexibility index (Phi) is 1.85. The fraction of sp³-hybridized carbons (Fsp3) is 0.111. The van der Waals surface area contributed by atoms with Gasteiger partial charge in [-0.15, -0.1) is 0 Å². The molecule has 0 radical (unpaired) electrons. The minimum absolute atomic E-state index is 0.376. The highest BCUT2D eigenvalue weighted by atomic mass is 16.5. The standard InChI is InChI=1S/C9H9N3O2/c1-14-9(13)6-3-2-4-8-11-7(10)5-12(6)8/h2-5H,10H2,1H3. The maximum atomic E-state index is 11.3. The summed E-state index contributed by atoms with van der Waals surface area (Å²) in [6.45, 7) is 0. The van der Waals surface area contributed by atoms with Crippen molar-refractivity contribution in [2.75, 3.05) is 12.8 Å². The fourth-order valence-electron chi connectivity index (χ4n) is 1.30. The van der Waals surface area contributed by atoms with Gasteiger partial charge in [-0.05, 0) is 12.1 Å². The summed E-state index contributed by atoms with van der Waals surface area (Å²) in [7, 11) is 1.33. The lowest BCUT2D eigenvalue weighted by atomic mass is 10.3. The summed E-state index contributed by atoms with van der Waals surface area (Å²) < 4.78 is 6.22. The van der Waals surface area contributed by atoms with Gasteiger partial charge in [0.2, 0.25) is 0 Å². The number of aromatic nitrogens is 2. The van der Waals surface area contributed by atoms with Crippen LogP contribution in [0, 0.1) is 0 Å². The molecule has 2 N–H and O–H groups in total. The smallest absolute Gasteiger partial charge is 0.355 e. The van der Waals surface area contributed by atoms with Crippen molar-refractivity contribution in [1.82, 2.24) is 9.38 Å². The number of nitrogens with zero attached hydrogens (tertiary/aromatic N) is 2. The van der Waals surface area contributed by atoms with Gasteiger partial charge in [-0.25, -0.2) is 9.78 Å². The van der Waals surface area contributed by atoms with Crippen LogP contribution in [0.4, 0.5) is 5.82 Å². The number of imidazole rings is 1. The molecule has 72 valence electrons. The van der Waals surface area contributed by atoms with Crippen LogP contribution in [0.1, 0.15) is 10.5 Å². The van der Waals surface area contributed by atoms with Crippen molar-refractivity contribution in [3.63, 3.8) is 0 Å². The highest BCUT2D eigenvalue weighted by molar-refractivity contribution is 5.88. The van der Waals surface area contributed by atoms with Gasteiger partial charge in [0.15, 0.2) is 0 Å². The SMILES string of the molecule is COC(=O)c1cccc2nc(N)cn12. The molecule has 0 aliphatic heterocycles. The first kappa shape index (κ1) is 8.55. The topological polar surface area (TPSA) is 69.6 Å². The summed E-state index contributed by atoms with van der Waals surface area (Å²) >= 11 is 0. The van der Waals surface area contributed by atoms with E-state index < -0.39 is 5.97 Å². The third kappa shape index (κ3) is 1.19. The molecule has 0 aliphatic rings. The second-order valence-corrected chi connectivity index (χ2v) is 2.80. The van der Waals surface area contributed by atoms with Crippen molar-refractivity contribution in [2.45, 2.75) is 0 Å². The summed E-state index contributed by atoms with van der Waals surface area (Å²) in [4.78, 5) is 15.3. The molecule has 0 bridgehead atoms. The summed E-state index contributed by atoms with van der Waals surface area (Å²) in [5.41, 5.74) is 6.56. The van der Waals surface area contributed by atoms with E-state index in [0.717, 1.165) is 0 Å². The Bertz CT molecular complexity index is 490. The maximum absolute atomic E-state index is 11.3. The number of pyridine rings is 1. The van der Waals surface area contributed by atoms with Crippen molar-refractivity contribution in [3.8, 4) is 0 Å². The van der Waals surface area contributed by atoms with Crippen LogP contribution in [0.5, 0.6) is 0 Å². The van der Waals surface area contributed by atoms with E-state index >= 15 is 0 Å². The minimum Gasteiger partial charge on any atom is -0.464 e. The normalized spacial score (nSPS) is 10.4. The molecule has 0 saturated carbocycles. The second kappa shape index (κ2) is 3.02. The Morgan fingerprint density at radius 3 is 3.07 bits per heavy atom. The van der Waals surface area contributed by atoms with Gasteiger partial charge in [0.05, 0.1) is 13.3 Å². The molecule has 2 aromatic heterocycles. The number of carbonyl (C=O) groups is 1. The number of methoxy groups -OCH3 is 1. The molecule has 0 unspecified atom stereocenters. The number of carbonyl (C=O) groups excluding carboxylic acids is 1. The third-order valence-electron chi connectivity index (χ3n) is 1.91. The molecule has 0 saturated heterocycles. The first-order chi connectivity index (χ1) is 6.72. The molecule has 0 aromatic carbocycles. The number of hydrogen-bond donors (Lipinski definition) is 1. The van der Waals surface area contributed by atoms with Crippen LogP contribution in [-0.4, -0.2) is 22.5 Å². The zero-order valence-electron chi connectivity index (χ0n) is 7.60. The second-order valence-electron chi connectivity index (χ2n) is 2.80. The molecule has 2 heterocycles. The Morgan fingerprint density at radius 2 is 2.36 bits per heavy atom. The summed E-state index contributed by atoms with van der Waals surface area (Å²) in [5.74, 6) is -0.0330. The lowest BCUT2D eigenvalue weighted by Gasteiger charge is -2.01. The van der Waals surface area contributed by atoms with Crippen LogP contribution in [0.15, 0.2) is 24.4 Å². The third-order valence-corrected chi connectivity index (χ3v) is 1.91. The number of esters is 1. The molecule has 2 rings (SSSR count). The number of hydrogen-bond acceptors (Lipinski definition) is 4. The fourth-order valence-corrected chi connectivity index (χ4v) is 1.30. The number of nitrogens with two attached hydrogens (primary N) is 1. The van der Waals surface area contributed by atoms with Gasteiger partial charge in [0.1, 0.15) is 17.2 Å². The monoisotopic (exact) mass is 191 g/mol. The van der Waals surface area contributed by atoms with Crippen molar-refractivity contribution < 1.29 is 9.53 Å².